The molecule has 2 unspecified atom stereocenters. The number of esters is 2. The van der Waals surface area contributed by atoms with E-state index in [1.807, 2.05) is 39.0 Å². The minimum Gasteiger partial charge on any atom is -0.491 e. The van der Waals surface area contributed by atoms with Crippen LogP contribution in [0.15, 0.2) is 100 Å². The van der Waals surface area contributed by atoms with Crippen molar-refractivity contribution in [2.45, 2.75) is 82.1 Å². The van der Waals surface area contributed by atoms with E-state index in [1.165, 1.54) is 19.2 Å². The SMILES string of the molecule is CC(C)(C)NCC(O)COc1cccc2c1C[C@H](O)[C@H](O)C2.CCOC(=O)C1=C(COCCN)NC(C)=C(C(=O)OC)C1c1ccccc1Cl.O=S(=O)(O)c1ccccc1. The van der Waals surface area contributed by atoms with E-state index in [9.17, 15) is 33.3 Å². The number of aliphatic hydroxyl groups is 3. The fourth-order valence-corrected chi connectivity index (χ4v) is 7.00. The van der Waals surface area contributed by atoms with Crippen LogP contribution in [-0.4, -0.2) is 111 Å². The molecule has 3 aromatic carbocycles. The molecule has 0 saturated heterocycles. The van der Waals surface area contributed by atoms with Gasteiger partial charge in [0.15, 0.2) is 0 Å². The zero-order valence-electron chi connectivity index (χ0n) is 34.8. The van der Waals surface area contributed by atoms with Crippen LogP contribution < -0.4 is 21.1 Å². The third-order valence-electron chi connectivity index (χ3n) is 9.13. The van der Waals surface area contributed by atoms with E-state index in [0.29, 0.717) is 65.8 Å². The zero-order chi connectivity index (χ0) is 44.6. The molecule has 2 aliphatic rings. The first-order valence-electron chi connectivity index (χ1n) is 19.4. The van der Waals surface area contributed by atoms with E-state index in [-0.39, 0.29) is 35.8 Å². The highest BCUT2D eigenvalue weighted by atomic mass is 35.5. The third kappa shape index (κ3) is 15.0. The molecule has 15 nitrogen and oxygen atoms in total. The summed E-state index contributed by atoms with van der Waals surface area (Å²) in [6.07, 6.45) is -1.27. The largest absolute Gasteiger partial charge is 0.491 e. The summed E-state index contributed by atoms with van der Waals surface area (Å²) in [4.78, 5) is 25.4. The highest BCUT2D eigenvalue weighted by Crippen LogP contribution is 2.42. The number of methoxy groups -OCH3 is 1. The number of hydrogen-bond donors (Lipinski definition) is 7. The standard InChI is InChI=1S/C20H25ClN2O5.C17H27NO4.C6H6O3S/c1-4-28-20(25)18-15(11-27-10-9-22)23-12(2)16(19(24)26-3)17(18)13-7-5-6-8-14(13)21;1-17(2,3)18-9-12(19)10-22-16-6-4-5-11-7-14(20)15(21)8-13(11)16;7-10(8,9)6-4-2-1-3-5-6/h5-8,17,23H,4,9-11,22H2,1-3H3;4-6,12,14-15,18-21H,7-10H2,1-3H3;1-5H,(H,7,8,9)/t;12?,14-,15+;/m.1./s1. The molecule has 0 aromatic heterocycles. The number of β-amino-alcohol motifs (C(OH)–C–C–N with tert-alkyl or cyclic N) is 1. The number of fused-ring (bicyclic) bond motifs is 1. The summed E-state index contributed by atoms with van der Waals surface area (Å²) in [5.41, 5.74) is 9.58. The van der Waals surface area contributed by atoms with Gasteiger partial charge in [-0.15, -0.1) is 0 Å². The number of allylic oxidation sites excluding steroid dienone is 1. The summed E-state index contributed by atoms with van der Waals surface area (Å²) < 4.78 is 50.8. The molecule has 1 heterocycles. The van der Waals surface area contributed by atoms with Crippen LogP contribution in [0.2, 0.25) is 5.02 Å². The van der Waals surface area contributed by atoms with Gasteiger partial charge in [0.2, 0.25) is 0 Å². The van der Waals surface area contributed by atoms with Crippen LogP contribution in [0.3, 0.4) is 0 Å². The number of hydrogen-bond acceptors (Lipinski definition) is 14. The molecule has 330 valence electrons. The average Bonchev–Trinajstić information content (AvgIpc) is 3.20. The number of halogens is 1. The van der Waals surface area contributed by atoms with E-state index in [2.05, 4.69) is 10.6 Å². The average molecular weight is 876 g/mol. The summed E-state index contributed by atoms with van der Waals surface area (Å²) in [7, 11) is -2.71. The molecule has 0 bridgehead atoms. The highest BCUT2D eigenvalue weighted by molar-refractivity contribution is 7.85. The van der Waals surface area contributed by atoms with Crippen LogP contribution in [-0.2, 0) is 46.8 Å². The Morgan fingerprint density at radius 3 is 2.20 bits per heavy atom. The topological polar surface area (TPSA) is 236 Å². The maximum absolute atomic E-state index is 12.9. The van der Waals surface area contributed by atoms with E-state index >= 15 is 0 Å². The van der Waals surface area contributed by atoms with Crippen molar-refractivity contribution in [2.24, 2.45) is 5.73 Å². The second-order valence-electron chi connectivity index (χ2n) is 14.9. The predicted molar refractivity (Wildman–Crippen MR) is 227 cm³/mol. The van der Waals surface area contributed by atoms with E-state index in [4.69, 9.17) is 40.8 Å². The Morgan fingerprint density at radius 2 is 1.62 bits per heavy atom. The lowest BCUT2D eigenvalue weighted by Gasteiger charge is -2.31. The summed E-state index contributed by atoms with van der Waals surface area (Å²) in [6, 6.07) is 20.1. The van der Waals surface area contributed by atoms with Crippen LogP contribution in [0.4, 0.5) is 0 Å². The molecule has 0 radical (unpaired) electrons. The number of ether oxygens (including phenoxy) is 4. The first-order chi connectivity index (χ1) is 28.3. The van der Waals surface area contributed by atoms with Crippen LogP contribution in [0.1, 0.15) is 57.2 Å². The lowest BCUT2D eigenvalue weighted by Crippen LogP contribution is -2.42. The van der Waals surface area contributed by atoms with Crippen molar-refractivity contribution in [2.75, 3.05) is 46.6 Å². The van der Waals surface area contributed by atoms with Crippen molar-refractivity contribution in [3.63, 3.8) is 0 Å². The minimum absolute atomic E-state index is 0.0485. The van der Waals surface area contributed by atoms with E-state index in [0.717, 1.165) is 11.1 Å². The van der Waals surface area contributed by atoms with E-state index in [1.54, 1.807) is 56.3 Å². The van der Waals surface area contributed by atoms with Gasteiger partial charge in [-0.25, -0.2) is 9.59 Å². The van der Waals surface area contributed by atoms with Crippen molar-refractivity contribution in [1.82, 2.24) is 10.6 Å². The molecular formula is C43H58ClN3O12S. The molecule has 0 spiro atoms. The number of benzene rings is 3. The second-order valence-corrected chi connectivity index (χ2v) is 16.7. The second kappa shape index (κ2) is 23.6. The minimum atomic E-state index is -4.00. The van der Waals surface area contributed by atoms with Gasteiger partial charge in [0.05, 0.1) is 66.8 Å². The van der Waals surface area contributed by atoms with Crippen molar-refractivity contribution < 1.29 is 56.8 Å². The fourth-order valence-electron chi connectivity index (χ4n) is 6.26. The normalized spacial score (nSPS) is 18.1. The Labute approximate surface area is 357 Å². The highest BCUT2D eigenvalue weighted by Gasteiger charge is 2.39. The van der Waals surface area contributed by atoms with Crippen molar-refractivity contribution in [3.8, 4) is 5.75 Å². The first kappa shape index (κ1) is 50.0. The predicted octanol–water partition coefficient (Wildman–Crippen LogP) is 3.83. The Kier molecular flexibility index (Phi) is 19.7. The fraction of sp³-hybridized carbons (Fsp3) is 0.442. The number of carbonyl (C=O) groups is 2. The van der Waals surface area contributed by atoms with Crippen LogP contribution in [0.5, 0.6) is 5.75 Å². The first-order valence-corrected chi connectivity index (χ1v) is 21.2. The zero-order valence-corrected chi connectivity index (χ0v) is 36.4. The van der Waals surface area contributed by atoms with Gasteiger partial charge < -0.3 is 50.6 Å². The van der Waals surface area contributed by atoms with Crippen LogP contribution in [0, 0.1) is 0 Å². The Hall–Kier alpha value is -4.36. The Bertz CT molecular complexity index is 2050. The number of nitrogens with two attached hydrogens (primary N) is 1. The molecule has 4 atom stereocenters. The number of nitrogens with one attached hydrogen (secondary N) is 2. The maximum atomic E-state index is 12.9. The van der Waals surface area contributed by atoms with Crippen molar-refractivity contribution in [3.05, 3.63) is 117 Å². The van der Waals surface area contributed by atoms with Gasteiger partial charge in [0.1, 0.15) is 18.5 Å². The van der Waals surface area contributed by atoms with Gasteiger partial charge >= 0.3 is 11.9 Å². The van der Waals surface area contributed by atoms with Gasteiger partial charge in [-0.05, 0) is 70.0 Å². The van der Waals surface area contributed by atoms with Gasteiger partial charge in [0.25, 0.3) is 10.1 Å². The smallest absolute Gasteiger partial charge is 0.336 e. The molecule has 17 heteroatoms. The van der Waals surface area contributed by atoms with E-state index < -0.39 is 46.3 Å². The molecule has 1 aliphatic heterocycles. The molecular weight excluding hydrogens is 818 g/mol. The molecule has 3 aromatic rings. The summed E-state index contributed by atoms with van der Waals surface area (Å²) >= 11 is 6.42. The monoisotopic (exact) mass is 875 g/mol. The Morgan fingerprint density at radius 1 is 0.967 bits per heavy atom. The van der Waals surface area contributed by atoms with Crippen LogP contribution in [0.25, 0.3) is 0 Å². The Balaban J connectivity index is 0.000000265. The van der Waals surface area contributed by atoms with Gasteiger partial charge in [-0.3, -0.25) is 4.55 Å². The number of carbonyl (C=O) groups excluding carboxylic acids is 2. The molecule has 0 saturated carbocycles. The van der Waals surface area contributed by atoms with Gasteiger partial charge in [-0.2, -0.15) is 8.42 Å². The lowest BCUT2D eigenvalue weighted by molar-refractivity contribution is -0.139. The maximum Gasteiger partial charge on any atom is 0.336 e. The molecule has 0 fully saturated rings. The van der Waals surface area contributed by atoms with Gasteiger partial charge in [-0.1, -0.05) is 60.1 Å². The molecule has 1 aliphatic carbocycles. The summed E-state index contributed by atoms with van der Waals surface area (Å²) in [5.74, 6) is -1.19. The summed E-state index contributed by atoms with van der Waals surface area (Å²) in [5, 5.41) is 36.3. The number of aliphatic hydroxyl groups excluding tert-OH is 3. The van der Waals surface area contributed by atoms with Crippen molar-refractivity contribution >= 4 is 33.7 Å². The summed E-state index contributed by atoms with van der Waals surface area (Å²) in [6.45, 7) is 11.2. The number of dihydropyridines is 1. The molecule has 5 rings (SSSR count). The molecule has 8 N–H and O–H groups in total. The number of rotatable bonds is 14. The lowest BCUT2D eigenvalue weighted by atomic mass is 9.80. The third-order valence-corrected chi connectivity index (χ3v) is 10.3. The van der Waals surface area contributed by atoms with Crippen molar-refractivity contribution in [1.29, 1.82) is 0 Å². The molecule has 0 amide bonds. The molecule has 60 heavy (non-hydrogen) atoms. The quantitative estimate of drug-likeness (QED) is 0.0693. The van der Waals surface area contributed by atoms with Gasteiger partial charge in [0, 0.05) is 47.8 Å². The van der Waals surface area contributed by atoms with Crippen LogP contribution >= 0.6 is 11.6 Å².